The number of carbonyl (C=O) groups is 1. The summed E-state index contributed by atoms with van der Waals surface area (Å²) in [5.74, 6) is -0.586. The zero-order valence-electron chi connectivity index (χ0n) is 15.6. The van der Waals surface area contributed by atoms with Crippen LogP contribution in [-0.2, 0) is 13.0 Å². The highest BCUT2D eigenvalue weighted by Crippen LogP contribution is 2.31. The van der Waals surface area contributed by atoms with E-state index in [0.29, 0.717) is 24.1 Å². The smallest absolute Gasteiger partial charge is 0.187 e. The van der Waals surface area contributed by atoms with E-state index in [1.165, 1.54) is 25.0 Å². The van der Waals surface area contributed by atoms with Crippen LogP contribution in [0.15, 0.2) is 48.7 Å². The number of rotatable bonds is 8. The summed E-state index contributed by atoms with van der Waals surface area (Å²) in [5, 5.41) is 4.84. The molecule has 4 rings (SSSR count). The predicted molar refractivity (Wildman–Crippen MR) is 105 cm³/mol. The molecule has 7 heteroatoms. The fourth-order valence-corrected chi connectivity index (χ4v) is 3.22. The molecule has 1 heterocycles. The molecule has 150 valence electrons. The van der Waals surface area contributed by atoms with Gasteiger partial charge in [0, 0.05) is 28.8 Å². The fraction of sp³-hybridized carbons (Fsp3) is 0.273. The number of hydrogen-bond acceptors (Lipinski definition) is 3. The maximum Gasteiger partial charge on any atom is 0.187 e. The van der Waals surface area contributed by atoms with E-state index in [1.54, 1.807) is 16.9 Å². The van der Waals surface area contributed by atoms with Gasteiger partial charge in [0.05, 0.1) is 13.2 Å². The molecular weight excluding hydrogens is 398 g/mol. The molecule has 0 saturated heterocycles. The first-order valence-corrected chi connectivity index (χ1v) is 9.78. The average molecular weight is 417 g/mol. The highest BCUT2D eigenvalue weighted by molar-refractivity contribution is 6.30. The lowest BCUT2D eigenvalue weighted by molar-refractivity contribution is 0.0985. The van der Waals surface area contributed by atoms with Crippen LogP contribution in [0.25, 0.3) is 0 Å². The molecule has 1 saturated carbocycles. The third-order valence-corrected chi connectivity index (χ3v) is 5.09. The molecule has 0 spiro atoms. The van der Waals surface area contributed by atoms with Crippen LogP contribution in [0.1, 0.15) is 34.5 Å². The third-order valence-electron chi connectivity index (χ3n) is 4.85. The van der Waals surface area contributed by atoms with Gasteiger partial charge in [0.25, 0.3) is 0 Å². The van der Waals surface area contributed by atoms with Crippen molar-refractivity contribution in [3.8, 4) is 5.75 Å². The Hall–Kier alpha value is -2.73. The van der Waals surface area contributed by atoms with Crippen molar-refractivity contribution in [2.75, 3.05) is 6.61 Å². The number of ketones is 1. The largest absolute Gasteiger partial charge is 0.493 e. The Labute approximate surface area is 172 Å². The number of hydrogen-bond donors (Lipinski definition) is 0. The lowest BCUT2D eigenvalue weighted by Gasteiger charge is -2.12. The molecule has 0 radical (unpaired) electrons. The number of aromatic nitrogens is 2. The molecule has 0 unspecified atom stereocenters. The third kappa shape index (κ3) is 4.82. The van der Waals surface area contributed by atoms with E-state index in [1.807, 2.05) is 12.1 Å². The zero-order valence-corrected chi connectivity index (χ0v) is 16.3. The van der Waals surface area contributed by atoms with Crippen molar-refractivity contribution in [2.24, 2.45) is 5.92 Å². The molecule has 0 N–H and O–H groups in total. The van der Waals surface area contributed by atoms with Crippen molar-refractivity contribution in [3.05, 3.63) is 82.1 Å². The van der Waals surface area contributed by atoms with E-state index in [0.717, 1.165) is 23.4 Å². The molecule has 3 aromatic rings. The number of Topliss-reactive ketones (excluding diaryl/α,β-unsaturated/α-hetero) is 1. The van der Waals surface area contributed by atoms with Gasteiger partial charge in [-0.3, -0.25) is 9.48 Å². The standard InChI is InChI=1S/C22H19ClF2N2O2/c23-16-6-7-22(29-13-14-4-5-14)15(10-16)12-27-9-8-20(26-27)21(28)11-17-18(24)2-1-3-19(17)25/h1-3,6-10,14H,4-5,11-13H2. The SMILES string of the molecule is O=C(Cc1c(F)cccc1F)c1ccn(Cc2cc(Cl)ccc2OCC2CC2)n1. The molecule has 0 bridgehead atoms. The van der Waals surface area contributed by atoms with Gasteiger partial charge in [0.2, 0.25) is 0 Å². The van der Waals surface area contributed by atoms with Crippen LogP contribution < -0.4 is 4.74 Å². The minimum absolute atomic E-state index is 0.148. The summed E-state index contributed by atoms with van der Waals surface area (Å²) < 4.78 is 35.1. The van der Waals surface area contributed by atoms with Crippen LogP contribution in [0.5, 0.6) is 5.75 Å². The lowest BCUT2D eigenvalue weighted by Crippen LogP contribution is -2.10. The van der Waals surface area contributed by atoms with Gasteiger partial charge >= 0.3 is 0 Å². The minimum atomic E-state index is -0.742. The van der Waals surface area contributed by atoms with E-state index in [4.69, 9.17) is 16.3 Å². The fourth-order valence-electron chi connectivity index (χ4n) is 3.03. The van der Waals surface area contributed by atoms with Crippen molar-refractivity contribution >= 4 is 17.4 Å². The van der Waals surface area contributed by atoms with Crippen molar-refractivity contribution in [1.82, 2.24) is 9.78 Å². The highest BCUT2D eigenvalue weighted by Gasteiger charge is 2.22. The molecule has 1 aromatic heterocycles. The van der Waals surface area contributed by atoms with Gasteiger partial charge in [-0.1, -0.05) is 17.7 Å². The van der Waals surface area contributed by atoms with Gasteiger partial charge < -0.3 is 4.74 Å². The summed E-state index contributed by atoms with van der Waals surface area (Å²) in [6.07, 6.45) is 3.64. The van der Waals surface area contributed by atoms with E-state index < -0.39 is 17.4 Å². The highest BCUT2D eigenvalue weighted by atomic mass is 35.5. The maximum absolute atomic E-state index is 13.8. The minimum Gasteiger partial charge on any atom is -0.493 e. The van der Waals surface area contributed by atoms with Gasteiger partial charge in [-0.15, -0.1) is 0 Å². The van der Waals surface area contributed by atoms with E-state index in [-0.39, 0.29) is 17.7 Å². The van der Waals surface area contributed by atoms with E-state index >= 15 is 0 Å². The van der Waals surface area contributed by atoms with Gasteiger partial charge in [-0.2, -0.15) is 5.10 Å². The summed E-state index contributed by atoms with van der Waals surface area (Å²) in [6.45, 7) is 1.04. The number of nitrogens with zero attached hydrogens (tertiary/aromatic N) is 2. The zero-order chi connectivity index (χ0) is 20.4. The Balaban J connectivity index is 1.48. The Morgan fingerprint density at radius 3 is 2.66 bits per heavy atom. The summed E-state index contributed by atoms with van der Waals surface area (Å²) >= 11 is 6.12. The Kier molecular flexibility index (Phi) is 5.62. The maximum atomic E-state index is 13.8. The monoisotopic (exact) mass is 416 g/mol. The van der Waals surface area contributed by atoms with E-state index in [9.17, 15) is 13.6 Å². The van der Waals surface area contributed by atoms with Crippen LogP contribution in [0, 0.1) is 17.6 Å². The molecular formula is C22H19ClF2N2O2. The number of halogens is 3. The Morgan fingerprint density at radius 1 is 1.17 bits per heavy atom. The van der Waals surface area contributed by atoms with Crippen molar-refractivity contribution < 1.29 is 18.3 Å². The second kappa shape index (κ2) is 8.33. The van der Waals surface area contributed by atoms with Crippen LogP contribution in [0.3, 0.4) is 0 Å². The molecule has 1 aliphatic rings. The molecule has 4 nitrogen and oxygen atoms in total. The topological polar surface area (TPSA) is 44.1 Å². The van der Waals surface area contributed by atoms with Crippen LogP contribution in [0.2, 0.25) is 5.02 Å². The predicted octanol–water partition coefficient (Wildman–Crippen LogP) is 5.08. The summed E-state index contributed by atoms with van der Waals surface area (Å²) in [6, 6.07) is 10.5. The normalized spacial score (nSPS) is 13.5. The molecule has 0 aliphatic heterocycles. The van der Waals surface area contributed by atoms with Gasteiger partial charge in [0.15, 0.2) is 5.78 Å². The molecule has 2 aromatic carbocycles. The van der Waals surface area contributed by atoms with Crippen molar-refractivity contribution in [1.29, 1.82) is 0 Å². The van der Waals surface area contributed by atoms with Gasteiger partial charge in [-0.25, -0.2) is 8.78 Å². The Morgan fingerprint density at radius 2 is 1.93 bits per heavy atom. The lowest BCUT2D eigenvalue weighted by atomic mass is 10.1. The second-order valence-corrected chi connectivity index (χ2v) is 7.64. The number of benzene rings is 2. The van der Waals surface area contributed by atoms with Crippen LogP contribution in [-0.4, -0.2) is 22.2 Å². The van der Waals surface area contributed by atoms with Gasteiger partial charge in [-0.05, 0) is 55.2 Å². The van der Waals surface area contributed by atoms with Gasteiger partial charge in [0.1, 0.15) is 23.1 Å². The molecule has 0 atom stereocenters. The Bertz CT molecular complexity index is 1030. The summed E-state index contributed by atoms with van der Waals surface area (Å²) in [4.78, 5) is 12.4. The number of ether oxygens (including phenoxy) is 1. The average Bonchev–Trinajstić information content (AvgIpc) is 3.40. The van der Waals surface area contributed by atoms with Crippen molar-refractivity contribution in [3.63, 3.8) is 0 Å². The first-order valence-electron chi connectivity index (χ1n) is 9.40. The summed E-state index contributed by atoms with van der Waals surface area (Å²) in [5.41, 5.74) is 0.744. The molecule has 1 aliphatic carbocycles. The van der Waals surface area contributed by atoms with Crippen LogP contribution >= 0.6 is 11.6 Å². The summed E-state index contributed by atoms with van der Waals surface area (Å²) in [7, 11) is 0. The quantitative estimate of drug-likeness (QED) is 0.481. The molecule has 0 amide bonds. The first kappa shape index (κ1) is 19.6. The molecule has 29 heavy (non-hydrogen) atoms. The molecule has 1 fully saturated rings. The second-order valence-electron chi connectivity index (χ2n) is 7.21. The van der Waals surface area contributed by atoms with Crippen LogP contribution in [0.4, 0.5) is 8.78 Å². The number of carbonyl (C=O) groups excluding carboxylic acids is 1. The van der Waals surface area contributed by atoms with E-state index in [2.05, 4.69) is 5.10 Å². The van der Waals surface area contributed by atoms with Crippen molar-refractivity contribution in [2.45, 2.75) is 25.8 Å². The first-order chi connectivity index (χ1) is 14.0.